The Bertz CT molecular complexity index is 601. The molecule has 1 aromatic rings. The van der Waals surface area contributed by atoms with E-state index in [1.165, 1.54) is 6.42 Å². The average Bonchev–Trinajstić information content (AvgIpc) is 3.03. The lowest BCUT2D eigenvalue weighted by molar-refractivity contribution is -0.135. The Hall–Kier alpha value is -1.59. The van der Waals surface area contributed by atoms with E-state index in [1.54, 1.807) is 31.2 Å². The van der Waals surface area contributed by atoms with E-state index in [0.29, 0.717) is 16.0 Å². The number of nitrogens with one attached hydrogen (secondary N) is 2. The second-order valence-corrected chi connectivity index (χ2v) is 7.39. The molecule has 2 N–H and O–H groups in total. The van der Waals surface area contributed by atoms with Crippen LogP contribution in [0.2, 0.25) is 5.02 Å². The van der Waals surface area contributed by atoms with E-state index in [1.807, 2.05) is 4.90 Å². The van der Waals surface area contributed by atoms with Crippen molar-refractivity contribution in [2.75, 3.05) is 26.2 Å². The normalized spacial score (nSPS) is 20.8. The van der Waals surface area contributed by atoms with Gasteiger partial charge in [-0.1, -0.05) is 11.6 Å². The van der Waals surface area contributed by atoms with Crippen LogP contribution in [0.3, 0.4) is 0 Å². The van der Waals surface area contributed by atoms with Crippen molar-refractivity contribution in [2.45, 2.75) is 32.2 Å². The Morgan fingerprint density at radius 3 is 2.46 bits per heavy atom. The number of likely N-dealkylation sites (tertiary alicyclic amines) is 1. The van der Waals surface area contributed by atoms with Gasteiger partial charge >= 0.3 is 0 Å². The molecule has 2 amide bonds. The van der Waals surface area contributed by atoms with Crippen LogP contribution in [0.5, 0.6) is 0 Å². The molecule has 2 aliphatic rings. The molecule has 0 saturated carbocycles. The summed E-state index contributed by atoms with van der Waals surface area (Å²) in [5, 5.41) is 6.80. The van der Waals surface area contributed by atoms with Crippen molar-refractivity contribution in [1.82, 2.24) is 15.5 Å². The number of piperidine rings is 1. The minimum Gasteiger partial charge on any atom is -0.341 e. The number of nitrogens with zero attached hydrogens (tertiary/aromatic N) is 1. The minimum absolute atomic E-state index is 0.00174. The van der Waals surface area contributed by atoms with Crippen LogP contribution in [0.4, 0.5) is 0 Å². The highest BCUT2D eigenvalue weighted by Crippen LogP contribution is 2.36. The Balaban J connectivity index is 1.53. The standard InChI is InChI=1S/C18H24ClN3O2/c1-13(21-16(23)14-2-4-15(19)5-3-14)17(24)22-10-7-18(8-11-22)6-9-20-12-18/h2-5,13,20H,6-12H2,1H3,(H,21,23). The molecular weight excluding hydrogens is 326 g/mol. The summed E-state index contributed by atoms with van der Waals surface area (Å²) in [7, 11) is 0. The van der Waals surface area contributed by atoms with E-state index in [2.05, 4.69) is 10.6 Å². The van der Waals surface area contributed by atoms with E-state index in [4.69, 9.17) is 11.6 Å². The SMILES string of the molecule is CC(NC(=O)c1ccc(Cl)cc1)C(=O)N1CCC2(CCNC2)CC1. The largest absolute Gasteiger partial charge is 0.341 e. The summed E-state index contributed by atoms with van der Waals surface area (Å²) in [6.07, 6.45) is 3.30. The Morgan fingerprint density at radius 2 is 1.88 bits per heavy atom. The highest BCUT2D eigenvalue weighted by atomic mass is 35.5. The molecule has 0 aromatic heterocycles. The summed E-state index contributed by atoms with van der Waals surface area (Å²) in [6.45, 7) is 5.46. The topological polar surface area (TPSA) is 61.4 Å². The predicted octanol–water partition coefficient (Wildman–Crippen LogP) is 2.06. The van der Waals surface area contributed by atoms with Crippen molar-refractivity contribution < 1.29 is 9.59 Å². The molecule has 5 nitrogen and oxygen atoms in total. The Morgan fingerprint density at radius 1 is 1.21 bits per heavy atom. The maximum Gasteiger partial charge on any atom is 0.251 e. The molecule has 2 saturated heterocycles. The van der Waals surface area contributed by atoms with Gasteiger partial charge < -0.3 is 15.5 Å². The Labute approximate surface area is 147 Å². The molecule has 2 fully saturated rings. The highest BCUT2D eigenvalue weighted by Gasteiger charge is 2.38. The van der Waals surface area contributed by atoms with Crippen molar-refractivity contribution in [3.8, 4) is 0 Å². The lowest BCUT2D eigenvalue weighted by atomic mass is 9.78. The van der Waals surface area contributed by atoms with Gasteiger partial charge in [0.1, 0.15) is 6.04 Å². The number of amides is 2. The summed E-state index contributed by atoms with van der Waals surface area (Å²) in [4.78, 5) is 26.7. The summed E-state index contributed by atoms with van der Waals surface area (Å²) in [5.41, 5.74) is 0.890. The molecular formula is C18H24ClN3O2. The average molecular weight is 350 g/mol. The van der Waals surface area contributed by atoms with Gasteiger partial charge in [0.05, 0.1) is 0 Å². The van der Waals surface area contributed by atoms with E-state index in [0.717, 1.165) is 39.0 Å². The monoisotopic (exact) mass is 349 g/mol. The zero-order valence-electron chi connectivity index (χ0n) is 14.0. The first-order valence-corrected chi connectivity index (χ1v) is 8.93. The molecule has 0 bridgehead atoms. The van der Waals surface area contributed by atoms with Crippen LogP contribution in [-0.4, -0.2) is 48.9 Å². The Kier molecular flexibility index (Phi) is 5.11. The highest BCUT2D eigenvalue weighted by molar-refractivity contribution is 6.30. The molecule has 0 aliphatic carbocycles. The van der Waals surface area contributed by atoms with Crippen LogP contribution in [-0.2, 0) is 4.79 Å². The first-order valence-electron chi connectivity index (χ1n) is 8.55. The summed E-state index contributed by atoms with van der Waals surface area (Å²) in [6, 6.07) is 6.13. The fourth-order valence-electron chi connectivity index (χ4n) is 3.64. The molecule has 1 spiro atoms. The van der Waals surface area contributed by atoms with Gasteiger partial charge in [-0.25, -0.2) is 0 Å². The van der Waals surface area contributed by atoms with Crippen molar-refractivity contribution >= 4 is 23.4 Å². The van der Waals surface area contributed by atoms with Gasteiger partial charge in [0.25, 0.3) is 5.91 Å². The number of halogens is 1. The fourth-order valence-corrected chi connectivity index (χ4v) is 3.77. The third-order valence-electron chi connectivity index (χ3n) is 5.29. The zero-order valence-corrected chi connectivity index (χ0v) is 14.7. The minimum atomic E-state index is -0.524. The number of hydrogen-bond acceptors (Lipinski definition) is 3. The van der Waals surface area contributed by atoms with Crippen LogP contribution >= 0.6 is 11.6 Å². The number of carbonyl (C=O) groups is 2. The molecule has 1 unspecified atom stereocenters. The molecule has 3 rings (SSSR count). The summed E-state index contributed by atoms with van der Waals surface area (Å²) in [5.74, 6) is -0.251. The third-order valence-corrected chi connectivity index (χ3v) is 5.54. The summed E-state index contributed by atoms with van der Waals surface area (Å²) < 4.78 is 0. The lowest BCUT2D eigenvalue weighted by Gasteiger charge is -2.39. The molecule has 2 heterocycles. The lowest BCUT2D eigenvalue weighted by Crippen LogP contribution is -2.51. The van der Waals surface area contributed by atoms with Crippen LogP contribution in [0.25, 0.3) is 0 Å². The predicted molar refractivity (Wildman–Crippen MR) is 94.1 cm³/mol. The first-order chi connectivity index (χ1) is 11.5. The van der Waals surface area contributed by atoms with Crippen LogP contribution < -0.4 is 10.6 Å². The van der Waals surface area contributed by atoms with E-state index < -0.39 is 6.04 Å². The molecule has 6 heteroatoms. The molecule has 0 radical (unpaired) electrons. The van der Waals surface area contributed by atoms with Crippen molar-refractivity contribution in [3.63, 3.8) is 0 Å². The smallest absolute Gasteiger partial charge is 0.251 e. The van der Waals surface area contributed by atoms with Gasteiger partial charge in [-0.05, 0) is 62.4 Å². The molecule has 1 aromatic carbocycles. The third kappa shape index (κ3) is 3.73. The molecule has 24 heavy (non-hydrogen) atoms. The second kappa shape index (κ2) is 7.11. The number of benzene rings is 1. The van der Waals surface area contributed by atoms with E-state index in [-0.39, 0.29) is 11.8 Å². The van der Waals surface area contributed by atoms with Crippen molar-refractivity contribution in [3.05, 3.63) is 34.9 Å². The van der Waals surface area contributed by atoms with Crippen molar-refractivity contribution in [2.24, 2.45) is 5.41 Å². The van der Waals surface area contributed by atoms with Gasteiger partial charge in [0.15, 0.2) is 0 Å². The first kappa shape index (κ1) is 17.2. The quantitative estimate of drug-likeness (QED) is 0.878. The molecule has 1 atom stereocenters. The number of hydrogen-bond donors (Lipinski definition) is 2. The number of carbonyl (C=O) groups excluding carboxylic acids is 2. The van der Waals surface area contributed by atoms with Gasteiger partial charge in [0.2, 0.25) is 5.91 Å². The van der Waals surface area contributed by atoms with Crippen LogP contribution in [0.15, 0.2) is 24.3 Å². The zero-order chi connectivity index (χ0) is 17.2. The van der Waals surface area contributed by atoms with Gasteiger partial charge in [-0.2, -0.15) is 0 Å². The second-order valence-electron chi connectivity index (χ2n) is 6.95. The maximum atomic E-state index is 12.6. The fraction of sp³-hybridized carbons (Fsp3) is 0.556. The molecule has 130 valence electrons. The van der Waals surface area contributed by atoms with Crippen LogP contribution in [0, 0.1) is 5.41 Å². The van der Waals surface area contributed by atoms with Gasteiger partial charge in [0, 0.05) is 30.2 Å². The van der Waals surface area contributed by atoms with Crippen molar-refractivity contribution in [1.29, 1.82) is 0 Å². The summed E-state index contributed by atoms with van der Waals surface area (Å²) >= 11 is 5.83. The van der Waals surface area contributed by atoms with Gasteiger partial charge in [-0.3, -0.25) is 9.59 Å². The van der Waals surface area contributed by atoms with Gasteiger partial charge in [-0.15, -0.1) is 0 Å². The molecule has 2 aliphatic heterocycles. The van der Waals surface area contributed by atoms with E-state index in [9.17, 15) is 9.59 Å². The number of rotatable bonds is 3. The van der Waals surface area contributed by atoms with Crippen LogP contribution in [0.1, 0.15) is 36.5 Å². The van der Waals surface area contributed by atoms with E-state index >= 15 is 0 Å². The maximum absolute atomic E-state index is 12.6.